The summed E-state index contributed by atoms with van der Waals surface area (Å²) in [4.78, 5) is 24.0. The molecule has 28 heavy (non-hydrogen) atoms. The molecule has 0 aliphatic heterocycles. The molecule has 2 N–H and O–H groups in total. The Bertz CT molecular complexity index is 1140. The van der Waals surface area contributed by atoms with E-state index in [0.29, 0.717) is 17.3 Å². The molecule has 0 spiro atoms. The van der Waals surface area contributed by atoms with Gasteiger partial charge in [-0.2, -0.15) is 0 Å². The van der Waals surface area contributed by atoms with Gasteiger partial charge in [-0.15, -0.1) is 0 Å². The van der Waals surface area contributed by atoms with E-state index < -0.39 is 0 Å². The van der Waals surface area contributed by atoms with Gasteiger partial charge in [0.2, 0.25) is 11.8 Å². The highest BCUT2D eigenvalue weighted by atomic mass is 79.9. The van der Waals surface area contributed by atoms with Crippen LogP contribution in [0.1, 0.15) is 11.3 Å². The molecule has 4 rings (SSSR count). The number of nitrogens with zero attached hydrogens (tertiary/aromatic N) is 2. The van der Waals surface area contributed by atoms with Gasteiger partial charge in [0.05, 0.1) is 12.6 Å². The lowest BCUT2D eigenvalue weighted by Gasteiger charge is -2.08. The van der Waals surface area contributed by atoms with Gasteiger partial charge in [-0.1, -0.05) is 22.0 Å². The van der Waals surface area contributed by atoms with Crippen molar-refractivity contribution in [3.63, 3.8) is 0 Å². The van der Waals surface area contributed by atoms with E-state index >= 15 is 0 Å². The van der Waals surface area contributed by atoms with Crippen molar-refractivity contribution in [1.82, 2.24) is 15.0 Å². The zero-order chi connectivity index (χ0) is 19.5. The zero-order valence-corrected chi connectivity index (χ0v) is 16.7. The van der Waals surface area contributed by atoms with Crippen LogP contribution < -0.4 is 10.1 Å². The third-order valence-electron chi connectivity index (χ3n) is 4.30. The summed E-state index contributed by atoms with van der Waals surface area (Å²) in [7, 11) is 0. The number of aryl methyl sites for hydroxylation is 1. The number of rotatable bonds is 5. The average Bonchev–Trinajstić information content (AvgIpc) is 2.98. The summed E-state index contributed by atoms with van der Waals surface area (Å²) in [6.45, 7) is 1.98. The Morgan fingerprint density at radius 1 is 1.21 bits per heavy atom. The Kier molecular flexibility index (Phi) is 5.08. The molecule has 0 saturated carbocycles. The lowest BCUT2D eigenvalue weighted by atomic mass is 10.1. The molecule has 7 heteroatoms. The Morgan fingerprint density at radius 3 is 2.93 bits per heavy atom. The van der Waals surface area contributed by atoms with E-state index in [2.05, 4.69) is 36.2 Å². The van der Waals surface area contributed by atoms with E-state index in [-0.39, 0.29) is 12.3 Å². The first-order valence-electron chi connectivity index (χ1n) is 8.69. The van der Waals surface area contributed by atoms with Crippen molar-refractivity contribution in [3.05, 3.63) is 76.8 Å². The number of aromatic amines is 1. The van der Waals surface area contributed by atoms with Crippen LogP contribution in [0.3, 0.4) is 0 Å². The smallest absolute Gasteiger partial charge is 0.237 e. The normalized spacial score (nSPS) is 10.8. The molecule has 0 aliphatic rings. The second-order valence-electron chi connectivity index (χ2n) is 6.32. The zero-order valence-electron chi connectivity index (χ0n) is 15.1. The maximum absolute atomic E-state index is 12.6. The summed E-state index contributed by atoms with van der Waals surface area (Å²) >= 11 is 3.49. The molecule has 0 aliphatic carbocycles. The van der Waals surface area contributed by atoms with Crippen molar-refractivity contribution in [2.45, 2.75) is 13.3 Å². The third-order valence-corrected chi connectivity index (χ3v) is 4.79. The summed E-state index contributed by atoms with van der Waals surface area (Å²) in [5, 5.41) is 3.98. The van der Waals surface area contributed by atoms with E-state index in [1.165, 1.54) is 6.20 Å². The highest BCUT2D eigenvalue weighted by Crippen LogP contribution is 2.27. The first-order valence-corrected chi connectivity index (χ1v) is 9.48. The number of ether oxygens (including phenoxy) is 1. The lowest BCUT2D eigenvalue weighted by molar-refractivity contribution is -0.115. The number of carbonyl (C=O) groups is 1. The number of amides is 1. The van der Waals surface area contributed by atoms with E-state index in [4.69, 9.17) is 4.74 Å². The third kappa shape index (κ3) is 4.04. The van der Waals surface area contributed by atoms with E-state index in [1.54, 1.807) is 24.5 Å². The Morgan fingerprint density at radius 2 is 2.11 bits per heavy atom. The maximum Gasteiger partial charge on any atom is 0.237 e. The lowest BCUT2D eigenvalue weighted by Crippen LogP contribution is -2.14. The van der Waals surface area contributed by atoms with Gasteiger partial charge in [-0.3, -0.25) is 9.78 Å². The maximum atomic E-state index is 12.6. The first-order chi connectivity index (χ1) is 13.6. The van der Waals surface area contributed by atoms with Crippen LogP contribution in [0.5, 0.6) is 11.6 Å². The Labute approximate surface area is 170 Å². The number of hydrogen-bond donors (Lipinski definition) is 2. The first kappa shape index (κ1) is 18.2. The van der Waals surface area contributed by atoms with Crippen molar-refractivity contribution in [3.8, 4) is 11.6 Å². The SMILES string of the molecule is Cc1[nH]c2ccc(Br)cc2c1CC(=O)Nc1cccc(Oc2cnccn2)c1. The molecule has 2 heterocycles. The molecule has 6 nitrogen and oxygen atoms in total. The van der Waals surface area contributed by atoms with E-state index in [0.717, 1.165) is 26.6 Å². The fourth-order valence-corrected chi connectivity index (χ4v) is 3.41. The fourth-order valence-electron chi connectivity index (χ4n) is 3.04. The minimum Gasteiger partial charge on any atom is -0.437 e. The second-order valence-corrected chi connectivity index (χ2v) is 7.23. The number of fused-ring (bicyclic) bond motifs is 1. The molecule has 0 fully saturated rings. The minimum absolute atomic E-state index is 0.0966. The monoisotopic (exact) mass is 436 g/mol. The highest BCUT2D eigenvalue weighted by Gasteiger charge is 2.13. The molecule has 0 atom stereocenters. The summed E-state index contributed by atoms with van der Waals surface area (Å²) in [5.74, 6) is 0.872. The Balaban J connectivity index is 1.49. The Hall–Kier alpha value is -3.19. The largest absolute Gasteiger partial charge is 0.437 e. The van der Waals surface area contributed by atoms with Gasteiger partial charge in [-0.25, -0.2) is 4.98 Å². The minimum atomic E-state index is -0.0966. The molecule has 1 amide bonds. The number of carbonyl (C=O) groups excluding carboxylic acids is 1. The van der Waals surface area contributed by atoms with E-state index in [9.17, 15) is 4.79 Å². The van der Waals surface area contributed by atoms with Crippen molar-refractivity contribution in [1.29, 1.82) is 0 Å². The van der Waals surface area contributed by atoms with Crippen LogP contribution in [0.15, 0.2) is 65.5 Å². The van der Waals surface area contributed by atoms with Gasteiger partial charge in [0.1, 0.15) is 5.75 Å². The molecule has 4 aromatic rings. The molecule has 0 saturated heterocycles. The van der Waals surface area contributed by atoms with Gasteiger partial charge in [0, 0.05) is 45.2 Å². The number of hydrogen-bond acceptors (Lipinski definition) is 4. The highest BCUT2D eigenvalue weighted by molar-refractivity contribution is 9.10. The molecule has 0 bridgehead atoms. The number of halogens is 1. The number of benzene rings is 2. The van der Waals surface area contributed by atoms with E-state index in [1.807, 2.05) is 37.3 Å². The predicted octanol–water partition coefficient (Wildman–Crippen LogP) is 5.00. The van der Waals surface area contributed by atoms with Crippen LogP contribution >= 0.6 is 15.9 Å². The van der Waals surface area contributed by atoms with Crippen LogP contribution in [0, 0.1) is 6.92 Å². The molecule has 2 aromatic heterocycles. The average molecular weight is 437 g/mol. The molecular formula is C21H17BrN4O2. The molecular weight excluding hydrogens is 420 g/mol. The van der Waals surface area contributed by atoms with Gasteiger partial charge in [0.25, 0.3) is 0 Å². The van der Waals surface area contributed by atoms with Crippen LogP contribution in [-0.4, -0.2) is 20.9 Å². The van der Waals surface area contributed by atoms with Crippen molar-refractivity contribution in [2.24, 2.45) is 0 Å². The van der Waals surface area contributed by atoms with Gasteiger partial charge < -0.3 is 15.0 Å². The topological polar surface area (TPSA) is 79.9 Å². The van der Waals surface area contributed by atoms with Crippen molar-refractivity contribution >= 4 is 38.4 Å². The molecule has 0 radical (unpaired) electrons. The standard InChI is InChI=1S/C21H17BrN4O2/c1-13-17(18-9-14(22)5-6-19(18)25-13)11-20(27)26-15-3-2-4-16(10-15)28-21-12-23-7-8-24-21/h2-10,12,25H,11H2,1H3,(H,26,27). The number of nitrogens with one attached hydrogen (secondary N) is 2. The molecule has 0 unspecified atom stereocenters. The summed E-state index contributed by atoms with van der Waals surface area (Å²) < 4.78 is 6.64. The molecule has 2 aromatic carbocycles. The molecule has 140 valence electrons. The van der Waals surface area contributed by atoms with Crippen molar-refractivity contribution in [2.75, 3.05) is 5.32 Å². The summed E-state index contributed by atoms with van der Waals surface area (Å²) in [5.41, 5.74) is 3.65. The van der Waals surface area contributed by atoms with Crippen LogP contribution in [0.25, 0.3) is 10.9 Å². The van der Waals surface area contributed by atoms with Gasteiger partial charge >= 0.3 is 0 Å². The van der Waals surface area contributed by atoms with Crippen molar-refractivity contribution < 1.29 is 9.53 Å². The number of anilines is 1. The quantitative estimate of drug-likeness (QED) is 0.461. The number of aromatic nitrogens is 3. The van der Waals surface area contributed by atoms with Gasteiger partial charge in [0.15, 0.2) is 0 Å². The fraction of sp³-hybridized carbons (Fsp3) is 0.0952. The predicted molar refractivity (Wildman–Crippen MR) is 112 cm³/mol. The van der Waals surface area contributed by atoms with Crippen LogP contribution in [0.4, 0.5) is 5.69 Å². The second kappa shape index (κ2) is 7.82. The van der Waals surface area contributed by atoms with Gasteiger partial charge in [-0.05, 0) is 42.8 Å². The summed E-state index contributed by atoms with van der Waals surface area (Å²) in [6.07, 6.45) is 4.94. The van der Waals surface area contributed by atoms with Crippen LogP contribution in [-0.2, 0) is 11.2 Å². The summed E-state index contributed by atoms with van der Waals surface area (Å²) in [6, 6.07) is 13.2. The van der Waals surface area contributed by atoms with Crippen LogP contribution in [0.2, 0.25) is 0 Å². The number of H-pyrrole nitrogens is 1.